The molecule has 1 saturated carbocycles. The van der Waals surface area contributed by atoms with E-state index in [1.807, 2.05) is 12.1 Å². The fraction of sp³-hybridized carbons (Fsp3) is 0.553. The Balaban J connectivity index is 0.000000606. The molecule has 0 aromatic heterocycles. The molecule has 3 aromatic rings. The number of rotatable bonds is 11. The molecule has 2 saturated heterocycles. The van der Waals surface area contributed by atoms with Gasteiger partial charge in [0.05, 0.1) is 7.11 Å². The van der Waals surface area contributed by atoms with E-state index in [1.165, 1.54) is 73.5 Å². The standard InChI is InChI=1S/C36H49FN4O.C2HF3O2/c1-42-36-18-15-29-8-2-5-11-33(29)34(36)12-6-7-19-38-20-22-39(23-21-38)28-35(30-13-16-31(37)17-14-30)41-26-24-40(25-27-41)32-9-3-4-10-32;3-2(4,5)1(6)7/h2,5,8,11,13-18,32,35H,3-4,6-7,9-10,12,19-28H2,1H3;(H,6,7). The molecule has 268 valence electrons. The maximum absolute atomic E-state index is 13.8. The molecule has 1 N–H and O–H groups in total. The minimum atomic E-state index is -5.08. The first-order valence-corrected chi connectivity index (χ1v) is 17.7. The van der Waals surface area contributed by atoms with E-state index in [0.29, 0.717) is 6.04 Å². The summed E-state index contributed by atoms with van der Waals surface area (Å²) >= 11 is 0. The minimum Gasteiger partial charge on any atom is -0.496 e. The number of halogens is 4. The minimum absolute atomic E-state index is 0.143. The number of nitrogens with zero attached hydrogens (tertiary/aromatic N) is 4. The highest BCUT2D eigenvalue weighted by Gasteiger charge is 2.38. The summed E-state index contributed by atoms with van der Waals surface area (Å²) in [5.74, 6) is -1.89. The highest BCUT2D eigenvalue weighted by atomic mass is 19.4. The van der Waals surface area contributed by atoms with Gasteiger partial charge in [0.1, 0.15) is 11.6 Å². The maximum atomic E-state index is 13.8. The summed E-state index contributed by atoms with van der Waals surface area (Å²) in [5, 5.41) is 9.74. The molecule has 2 heterocycles. The Bertz CT molecular complexity index is 1470. The molecule has 3 aliphatic rings. The van der Waals surface area contributed by atoms with Crippen molar-refractivity contribution in [2.45, 2.75) is 63.2 Å². The molecule has 1 unspecified atom stereocenters. The predicted octanol–water partition coefficient (Wildman–Crippen LogP) is 6.86. The average Bonchev–Trinajstić information content (AvgIpc) is 3.65. The summed E-state index contributed by atoms with van der Waals surface area (Å²) in [7, 11) is 1.78. The number of alkyl halides is 3. The Hall–Kier alpha value is -3.25. The summed E-state index contributed by atoms with van der Waals surface area (Å²) in [6.07, 6.45) is 3.89. The molecule has 0 amide bonds. The van der Waals surface area contributed by atoms with E-state index >= 15 is 0 Å². The summed E-state index contributed by atoms with van der Waals surface area (Å²) in [5.41, 5.74) is 2.60. The Kier molecular flexibility index (Phi) is 13.3. The normalized spacial score (nSPS) is 19.4. The molecule has 11 heteroatoms. The Morgan fingerprint density at radius 1 is 0.857 bits per heavy atom. The zero-order valence-corrected chi connectivity index (χ0v) is 28.5. The van der Waals surface area contributed by atoms with Crippen LogP contribution in [-0.2, 0) is 11.2 Å². The first-order valence-electron chi connectivity index (χ1n) is 17.7. The van der Waals surface area contributed by atoms with Crippen molar-refractivity contribution < 1.29 is 32.2 Å². The van der Waals surface area contributed by atoms with Gasteiger partial charge < -0.3 is 14.7 Å². The van der Waals surface area contributed by atoms with E-state index in [-0.39, 0.29) is 5.82 Å². The fourth-order valence-corrected chi connectivity index (χ4v) is 7.64. The Morgan fingerprint density at radius 3 is 2.12 bits per heavy atom. The van der Waals surface area contributed by atoms with Gasteiger partial charge in [0.15, 0.2) is 0 Å². The van der Waals surface area contributed by atoms with Gasteiger partial charge in [0.25, 0.3) is 0 Å². The van der Waals surface area contributed by atoms with Crippen molar-refractivity contribution in [3.63, 3.8) is 0 Å². The van der Waals surface area contributed by atoms with Crippen molar-refractivity contribution >= 4 is 16.7 Å². The van der Waals surface area contributed by atoms with Crippen LogP contribution in [-0.4, -0.2) is 115 Å². The number of aryl methyl sites for hydroxylation is 1. The average molecular weight is 687 g/mol. The van der Waals surface area contributed by atoms with Crippen molar-refractivity contribution in [3.8, 4) is 5.75 Å². The molecular weight excluding hydrogens is 636 g/mol. The van der Waals surface area contributed by atoms with Crippen molar-refractivity contribution in [2.75, 3.05) is 72.6 Å². The van der Waals surface area contributed by atoms with Gasteiger partial charge in [-0.2, -0.15) is 13.2 Å². The molecule has 0 bridgehead atoms. The first-order chi connectivity index (χ1) is 23.6. The first kappa shape index (κ1) is 37.0. The topological polar surface area (TPSA) is 59.5 Å². The maximum Gasteiger partial charge on any atom is 0.490 e. The van der Waals surface area contributed by atoms with E-state index in [9.17, 15) is 17.6 Å². The molecule has 3 aromatic carbocycles. The lowest BCUT2D eigenvalue weighted by Gasteiger charge is -2.44. The summed E-state index contributed by atoms with van der Waals surface area (Å²) in [6, 6.07) is 21.4. The number of carboxylic acid groups (broad SMARTS) is 1. The third-order valence-electron chi connectivity index (χ3n) is 10.4. The monoisotopic (exact) mass is 686 g/mol. The highest BCUT2D eigenvalue weighted by Crippen LogP contribution is 2.30. The van der Waals surface area contributed by atoms with Gasteiger partial charge in [0, 0.05) is 76.5 Å². The van der Waals surface area contributed by atoms with Gasteiger partial charge >= 0.3 is 12.1 Å². The van der Waals surface area contributed by atoms with Gasteiger partial charge in [-0.3, -0.25) is 14.7 Å². The fourth-order valence-electron chi connectivity index (χ4n) is 7.64. The van der Waals surface area contributed by atoms with Gasteiger partial charge in [-0.1, -0.05) is 55.3 Å². The lowest BCUT2D eigenvalue weighted by Crippen LogP contribution is -2.53. The number of hydrogen-bond donors (Lipinski definition) is 1. The van der Waals surface area contributed by atoms with Gasteiger partial charge in [-0.05, 0) is 73.2 Å². The van der Waals surface area contributed by atoms with Crippen LogP contribution in [0.1, 0.15) is 55.7 Å². The summed E-state index contributed by atoms with van der Waals surface area (Å²) < 4.78 is 51.3. The van der Waals surface area contributed by atoms with Crippen LogP contribution in [0.15, 0.2) is 60.7 Å². The lowest BCUT2D eigenvalue weighted by atomic mass is 9.99. The van der Waals surface area contributed by atoms with Crippen molar-refractivity contribution in [1.82, 2.24) is 19.6 Å². The van der Waals surface area contributed by atoms with Crippen LogP contribution in [0.5, 0.6) is 5.75 Å². The highest BCUT2D eigenvalue weighted by molar-refractivity contribution is 5.87. The number of fused-ring (bicyclic) bond motifs is 1. The van der Waals surface area contributed by atoms with Crippen LogP contribution in [0.2, 0.25) is 0 Å². The SMILES string of the molecule is COc1ccc2ccccc2c1CCCCN1CCN(CC(c2ccc(F)cc2)N2CCN(C3CCCC3)CC2)CC1.O=C(O)C(F)(F)F. The number of unbranched alkanes of at least 4 members (excludes halogenated alkanes) is 1. The number of ether oxygens (including phenoxy) is 1. The second-order valence-electron chi connectivity index (χ2n) is 13.4. The number of carbonyl (C=O) groups is 1. The van der Waals surface area contributed by atoms with Crippen LogP contribution in [0.4, 0.5) is 17.6 Å². The van der Waals surface area contributed by atoms with Crippen LogP contribution < -0.4 is 4.74 Å². The number of aliphatic carboxylic acids is 1. The van der Waals surface area contributed by atoms with Crippen LogP contribution >= 0.6 is 0 Å². The van der Waals surface area contributed by atoms with Crippen LogP contribution in [0, 0.1) is 5.82 Å². The molecule has 6 rings (SSSR count). The number of methoxy groups -OCH3 is 1. The second-order valence-corrected chi connectivity index (χ2v) is 13.4. The molecule has 0 spiro atoms. The number of hydrogen-bond acceptors (Lipinski definition) is 6. The molecule has 1 aliphatic carbocycles. The second kappa shape index (κ2) is 17.6. The van der Waals surface area contributed by atoms with Crippen molar-refractivity contribution in [3.05, 3.63) is 77.6 Å². The van der Waals surface area contributed by atoms with Gasteiger partial charge in [0.2, 0.25) is 0 Å². The van der Waals surface area contributed by atoms with Crippen molar-refractivity contribution in [1.29, 1.82) is 0 Å². The molecule has 2 aliphatic heterocycles. The van der Waals surface area contributed by atoms with Crippen LogP contribution in [0.25, 0.3) is 10.8 Å². The Labute approximate surface area is 287 Å². The smallest absolute Gasteiger partial charge is 0.490 e. The third kappa shape index (κ3) is 10.4. The van der Waals surface area contributed by atoms with Crippen molar-refractivity contribution in [2.24, 2.45) is 0 Å². The Morgan fingerprint density at radius 2 is 1.49 bits per heavy atom. The summed E-state index contributed by atoms with van der Waals surface area (Å²) in [6.45, 7) is 11.2. The van der Waals surface area contributed by atoms with Crippen LogP contribution in [0.3, 0.4) is 0 Å². The molecular formula is C38H50F4N4O3. The van der Waals surface area contributed by atoms with Gasteiger partial charge in [-0.15, -0.1) is 0 Å². The number of carboxylic acids is 1. The molecule has 0 radical (unpaired) electrons. The number of piperazine rings is 2. The van der Waals surface area contributed by atoms with E-state index in [0.717, 1.165) is 70.6 Å². The van der Waals surface area contributed by atoms with E-state index in [2.05, 4.69) is 56.0 Å². The molecule has 1 atom stereocenters. The zero-order chi connectivity index (χ0) is 34.8. The molecule has 49 heavy (non-hydrogen) atoms. The van der Waals surface area contributed by atoms with E-state index < -0.39 is 12.1 Å². The zero-order valence-electron chi connectivity index (χ0n) is 28.5. The largest absolute Gasteiger partial charge is 0.496 e. The molecule has 3 fully saturated rings. The van der Waals surface area contributed by atoms with Gasteiger partial charge in [-0.25, -0.2) is 9.18 Å². The third-order valence-corrected chi connectivity index (χ3v) is 10.4. The summed E-state index contributed by atoms with van der Waals surface area (Å²) in [4.78, 5) is 19.6. The predicted molar refractivity (Wildman–Crippen MR) is 185 cm³/mol. The quantitative estimate of drug-likeness (QED) is 0.175. The van der Waals surface area contributed by atoms with E-state index in [1.54, 1.807) is 19.2 Å². The molecule has 7 nitrogen and oxygen atoms in total. The number of benzene rings is 3. The van der Waals surface area contributed by atoms with E-state index in [4.69, 9.17) is 14.6 Å². The lowest BCUT2D eigenvalue weighted by molar-refractivity contribution is -0.192.